The first-order valence-corrected chi connectivity index (χ1v) is 5.67. The van der Waals surface area contributed by atoms with E-state index >= 15 is 0 Å². The Balaban J connectivity index is 2.78. The maximum atomic E-state index is 12.0. The number of halogens is 3. The van der Waals surface area contributed by atoms with Gasteiger partial charge in [-0.2, -0.15) is 13.2 Å². The molecule has 1 aromatic carbocycles. The van der Waals surface area contributed by atoms with E-state index in [9.17, 15) is 27.6 Å². The molecule has 0 unspecified atom stereocenters. The average molecular weight is 334 g/mol. The minimum absolute atomic E-state index is 0.188. The molecule has 1 rings (SSSR count). The predicted octanol–water partition coefficient (Wildman–Crippen LogP) is 1.34. The van der Waals surface area contributed by atoms with Crippen LogP contribution in [0, 0.1) is 0 Å². The minimum Gasteiger partial charge on any atom is -0.436 e. The van der Waals surface area contributed by atoms with E-state index in [0.717, 1.165) is 19.2 Å². The Labute approximate surface area is 126 Å². The zero-order valence-corrected chi connectivity index (χ0v) is 11.4. The average Bonchev–Trinajstić information content (AvgIpc) is 2.51. The van der Waals surface area contributed by atoms with Crippen LogP contribution in [0.3, 0.4) is 0 Å². The van der Waals surface area contributed by atoms with Gasteiger partial charge in [0.1, 0.15) is 0 Å². The molecule has 124 valence electrons. The molecule has 0 saturated carbocycles. The second-order valence-corrected chi connectivity index (χ2v) is 3.77. The van der Waals surface area contributed by atoms with Crippen LogP contribution in [-0.2, 0) is 19.1 Å². The van der Waals surface area contributed by atoms with E-state index in [-0.39, 0.29) is 17.0 Å². The van der Waals surface area contributed by atoms with Crippen LogP contribution in [0.5, 0.6) is 0 Å². The number of amidine groups is 1. The van der Waals surface area contributed by atoms with Gasteiger partial charge in [0.05, 0.1) is 12.7 Å². The molecule has 8 nitrogen and oxygen atoms in total. The van der Waals surface area contributed by atoms with E-state index in [2.05, 4.69) is 19.5 Å². The van der Waals surface area contributed by atoms with E-state index in [0.29, 0.717) is 0 Å². The van der Waals surface area contributed by atoms with Crippen LogP contribution >= 0.6 is 0 Å². The molecule has 0 aromatic heterocycles. The van der Waals surface area contributed by atoms with Crippen LogP contribution in [0.2, 0.25) is 0 Å². The third kappa shape index (κ3) is 5.30. The number of carbonyl (C=O) groups excluding carboxylic acids is 3. The lowest BCUT2D eigenvalue weighted by Crippen LogP contribution is -2.28. The second kappa shape index (κ2) is 7.24. The maximum Gasteiger partial charge on any atom is 0.534 e. The maximum absolute atomic E-state index is 12.0. The van der Waals surface area contributed by atoms with Crippen molar-refractivity contribution in [3.63, 3.8) is 0 Å². The Morgan fingerprint density at radius 2 is 1.61 bits per heavy atom. The molecule has 0 aliphatic heterocycles. The molecule has 0 aliphatic rings. The minimum atomic E-state index is -5.28. The SMILES string of the molecule is COC(=O)ON=C(N)c1ccc(C(=O)OC(=O)C(F)(F)F)cc1. The highest BCUT2D eigenvalue weighted by Gasteiger charge is 2.42. The fourth-order valence-corrected chi connectivity index (χ4v) is 1.15. The van der Waals surface area contributed by atoms with Gasteiger partial charge in [-0.25, -0.2) is 14.4 Å². The lowest BCUT2D eigenvalue weighted by Gasteiger charge is -2.06. The van der Waals surface area contributed by atoms with Gasteiger partial charge in [-0.1, -0.05) is 17.3 Å². The Hall–Kier alpha value is -3.11. The molecule has 1 aromatic rings. The first kappa shape index (κ1) is 17.9. The van der Waals surface area contributed by atoms with Gasteiger partial charge < -0.3 is 15.2 Å². The van der Waals surface area contributed by atoms with Gasteiger partial charge in [0, 0.05) is 5.56 Å². The lowest BCUT2D eigenvalue weighted by molar-refractivity contribution is -0.193. The van der Waals surface area contributed by atoms with Crippen molar-refractivity contribution in [2.75, 3.05) is 7.11 Å². The van der Waals surface area contributed by atoms with Crippen molar-refractivity contribution in [3.8, 4) is 0 Å². The number of alkyl halides is 3. The summed E-state index contributed by atoms with van der Waals surface area (Å²) in [6.45, 7) is 0. The molecule has 11 heteroatoms. The topological polar surface area (TPSA) is 117 Å². The van der Waals surface area contributed by atoms with Gasteiger partial charge in [0.25, 0.3) is 0 Å². The van der Waals surface area contributed by atoms with Gasteiger partial charge in [-0.05, 0) is 12.1 Å². The summed E-state index contributed by atoms with van der Waals surface area (Å²) < 4.78 is 43.7. The number of methoxy groups -OCH3 is 1. The zero-order chi connectivity index (χ0) is 17.6. The van der Waals surface area contributed by atoms with E-state index < -0.39 is 24.3 Å². The molecular formula is C12H9F3N2O6. The summed E-state index contributed by atoms with van der Waals surface area (Å²) in [7, 11) is 1.05. The van der Waals surface area contributed by atoms with Crippen molar-refractivity contribution < 1.29 is 41.9 Å². The monoisotopic (exact) mass is 334 g/mol. The predicted molar refractivity (Wildman–Crippen MR) is 67.1 cm³/mol. The highest BCUT2D eigenvalue weighted by Crippen LogP contribution is 2.17. The molecule has 0 amide bonds. The van der Waals surface area contributed by atoms with E-state index in [1.54, 1.807) is 0 Å². The van der Waals surface area contributed by atoms with E-state index in [4.69, 9.17) is 5.73 Å². The fraction of sp³-hybridized carbons (Fsp3) is 0.167. The molecule has 0 atom stereocenters. The fourth-order valence-electron chi connectivity index (χ4n) is 1.15. The van der Waals surface area contributed by atoms with Gasteiger partial charge in [0.15, 0.2) is 5.84 Å². The van der Waals surface area contributed by atoms with E-state index in [1.165, 1.54) is 12.1 Å². The van der Waals surface area contributed by atoms with Gasteiger partial charge in [-0.3, -0.25) is 4.84 Å². The van der Waals surface area contributed by atoms with Gasteiger partial charge in [-0.15, -0.1) is 0 Å². The van der Waals surface area contributed by atoms with Gasteiger partial charge >= 0.3 is 24.3 Å². The number of carbonyl (C=O) groups is 3. The van der Waals surface area contributed by atoms with Gasteiger partial charge in [0.2, 0.25) is 0 Å². The summed E-state index contributed by atoms with van der Waals surface area (Å²) in [6.07, 6.45) is -6.39. The smallest absolute Gasteiger partial charge is 0.436 e. The lowest BCUT2D eigenvalue weighted by atomic mass is 10.1. The number of hydrogen-bond donors (Lipinski definition) is 1. The Kier molecular flexibility index (Phi) is 5.65. The Bertz CT molecular complexity index is 639. The first-order valence-electron chi connectivity index (χ1n) is 5.67. The quantitative estimate of drug-likeness (QED) is 0.221. The van der Waals surface area contributed by atoms with Crippen LogP contribution in [0.1, 0.15) is 15.9 Å². The first-order chi connectivity index (χ1) is 10.6. The largest absolute Gasteiger partial charge is 0.534 e. The van der Waals surface area contributed by atoms with Crippen molar-refractivity contribution in [1.82, 2.24) is 0 Å². The summed E-state index contributed by atoms with van der Waals surface area (Å²) in [6, 6.07) is 4.46. The van der Waals surface area contributed by atoms with E-state index in [1.807, 2.05) is 0 Å². The van der Waals surface area contributed by atoms with Crippen LogP contribution in [0.15, 0.2) is 29.4 Å². The van der Waals surface area contributed by atoms with Crippen molar-refractivity contribution in [2.24, 2.45) is 10.9 Å². The summed E-state index contributed by atoms with van der Waals surface area (Å²) in [5.41, 5.74) is 5.32. The van der Waals surface area contributed by atoms with Crippen molar-refractivity contribution in [3.05, 3.63) is 35.4 Å². The molecule has 0 aliphatic carbocycles. The van der Waals surface area contributed by atoms with Crippen LogP contribution < -0.4 is 5.73 Å². The second-order valence-electron chi connectivity index (χ2n) is 3.77. The van der Waals surface area contributed by atoms with Crippen LogP contribution in [0.25, 0.3) is 0 Å². The molecule has 23 heavy (non-hydrogen) atoms. The molecule has 0 heterocycles. The van der Waals surface area contributed by atoms with Crippen molar-refractivity contribution in [2.45, 2.75) is 6.18 Å². The number of rotatable bonds is 3. The number of oxime groups is 1. The highest BCUT2D eigenvalue weighted by atomic mass is 19.4. The van der Waals surface area contributed by atoms with Crippen molar-refractivity contribution in [1.29, 1.82) is 0 Å². The number of esters is 2. The molecule has 0 bridgehead atoms. The molecule has 0 fully saturated rings. The Morgan fingerprint density at radius 3 is 2.09 bits per heavy atom. The highest BCUT2D eigenvalue weighted by molar-refractivity contribution is 6.00. The zero-order valence-electron chi connectivity index (χ0n) is 11.4. The van der Waals surface area contributed by atoms with Crippen molar-refractivity contribution >= 4 is 23.9 Å². The normalized spacial score (nSPS) is 11.6. The third-order valence-electron chi connectivity index (χ3n) is 2.22. The molecule has 2 N–H and O–H groups in total. The number of benzene rings is 1. The standard InChI is InChI=1S/C12H9F3N2O6/c1-21-11(20)23-17-8(16)6-2-4-7(5-3-6)9(18)22-10(19)12(13,14)15/h2-5H,1H3,(H2,16,17). The number of nitrogens with zero attached hydrogens (tertiary/aromatic N) is 1. The molecular weight excluding hydrogens is 325 g/mol. The Morgan fingerprint density at radius 1 is 1.09 bits per heavy atom. The molecule has 0 spiro atoms. The number of hydrogen-bond acceptors (Lipinski definition) is 7. The number of nitrogens with two attached hydrogens (primary N) is 1. The summed E-state index contributed by atoms with van der Waals surface area (Å²) in [4.78, 5) is 36.8. The third-order valence-corrected chi connectivity index (χ3v) is 2.22. The van der Waals surface area contributed by atoms with Crippen LogP contribution in [0.4, 0.5) is 18.0 Å². The number of ether oxygens (including phenoxy) is 2. The molecule has 0 saturated heterocycles. The summed E-state index contributed by atoms with van der Waals surface area (Å²) >= 11 is 0. The van der Waals surface area contributed by atoms with Crippen LogP contribution in [-0.4, -0.2) is 37.2 Å². The summed E-state index contributed by atoms with van der Waals surface area (Å²) in [5, 5.41) is 3.22. The molecule has 0 radical (unpaired) electrons. The summed E-state index contributed by atoms with van der Waals surface area (Å²) in [5.74, 6) is -4.37.